The summed E-state index contributed by atoms with van der Waals surface area (Å²) in [6, 6.07) is 0. The van der Waals surface area contributed by atoms with Crippen molar-refractivity contribution in [3.63, 3.8) is 0 Å². The number of sulfone groups is 1. The molecule has 8 heteroatoms. The summed E-state index contributed by atoms with van der Waals surface area (Å²) in [7, 11) is -1.37. The molecule has 2 aliphatic rings. The van der Waals surface area contributed by atoms with Crippen LogP contribution in [-0.2, 0) is 14.6 Å². The van der Waals surface area contributed by atoms with Gasteiger partial charge in [-0.2, -0.15) is 0 Å². The lowest BCUT2D eigenvalue weighted by atomic mass is 10.2. The maximum atomic E-state index is 12.0. The Hall–Kier alpha value is -1.31. The van der Waals surface area contributed by atoms with Crippen LogP contribution in [-0.4, -0.2) is 68.9 Å². The molecule has 0 bridgehead atoms. The van der Waals surface area contributed by atoms with Crippen LogP contribution in [0.5, 0.6) is 0 Å². The number of hydrogen-bond acceptors (Lipinski definition) is 4. The van der Waals surface area contributed by atoms with E-state index in [0.29, 0.717) is 32.1 Å². The van der Waals surface area contributed by atoms with Crippen LogP contribution < -0.4 is 10.6 Å². The maximum Gasteiger partial charge on any atom is 0.223 e. The minimum Gasteiger partial charge on any atom is -0.354 e. The Morgan fingerprint density at radius 1 is 1.27 bits per heavy atom. The van der Waals surface area contributed by atoms with Crippen molar-refractivity contribution >= 4 is 21.7 Å². The second kappa shape index (κ2) is 6.44. The van der Waals surface area contributed by atoms with E-state index in [4.69, 9.17) is 0 Å². The van der Waals surface area contributed by atoms with Crippen molar-refractivity contribution in [1.29, 1.82) is 0 Å². The average Bonchev–Trinajstić information content (AvgIpc) is 3.26. The average molecular weight is 330 g/mol. The molecular weight excluding hydrogens is 304 g/mol. The predicted molar refractivity (Wildman–Crippen MR) is 86.5 cm³/mol. The van der Waals surface area contributed by atoms with E-state index in [1.165, 1.54) is 0 Å². The Kier molecular flexibility index (Phi) is 4.99. The van der Waals surface area contributed by atoms with Crippen molar-refractivity contribution in [2.24, 2.45) is 10.9 Å². The molecule has 1 aliphatic carbocycles. The lowest BCUT2D eigenvalue weighted by Crippen LogP contribution is -2.57. The van der Waals surface area contributed by atoms with Crippen LogP contribution >= 0.6 is 0 Å². The highest BCUT2D eigenvalue weighted by molar-refractivity contribution is 7.92. The van der Waals surface area contributed by atoms with E-state index in [9.17, 15) is 13.2 Å². The first-order valence-electron chi connectivity index (χ1n) is 7.72. The maximum absolute atomic E-state index is 12.0. The molecule has 2 N–H and O–H groups in total. The minimum absolute atomic E-state index is 0.127. The van der Waals surface area contributed by atoms with Crippen molar-refractivity contribution in [3.05, 3.63) is 0 Å². The Labute approximate surface area is 132 Å². The van der Waals surface area contributed by atoms with Crippen LogP contribution in [0, 0.1) is 5.92 Å². The van der Waals surface area contributed by atoms with Gasteiger partial charge in [0.2, 0.25) is 5.91 Å². The van der Waals surface area contributed by atoms with E-state index in [-0.39, 0.29) is 17.6 Å². The number of nitrogens with zero attached hydrogens (tertiary/aromatic N) is 2. The third-order valence-electron chi connectivity index (χ3n) is 4.21. The molecule has 0 unspecified atom stereocenters. The standard InChI is InChI=1S/C14H26N4O3S/c1-14(2)10-18(8-9-22(14,20)21)13(15-3)17-7-6-16-12(19)11-4-5-11/h11H,4-10H2,1-3H3,(H,15,17)(H,16,19). The van der Waals surface area contributed by atoms with E-state index >= 15 is 0 Å². The molecule has 1 aliphatic heterocycles. The number of nitrogens with one attached hydrogen (secondary N) is 2. The molecule has 2 fully saturated rings. The highest BCUT2D eigenvalue weighted by Crippen LogP contribution is 2.28. The van der Waals surface area contributed by atoms with Gasteiger partial charge in [0.05, 0.1) is 10.5 Å². The largest absolute Gasteiger partial charge is 0.354 e. The second-order valence-corrected chi connectivity index (χ2v) is 9.28. The van der Waals surface area contributed by atoms with Gasteiger partial charge in [-0.1, -0.05) is 0 Å². The first kappa shape index (κ1) is 17.1. The predicted octanol–water partition coefficient (Wildman–Crippen LogP) is -0.403. The van der Waals surface area contributed by atoms with Crippen LogP contribution in [0.3, 0.4) is 0 Å². The quantitative estimate of drug-likeness (QED) is 0.416. The van der Waals surface area contributed by atoms with Gasteiger partial charge in [-0.05, 0) is 26.7 Å². The normalized spacial score (nSPS) is 24.0. The topological polar surface area (TPSA) is 90.9 Å². The van der Waals surface area contributed by atoms with Crippen LogP contribution in [0.15, 0.2) is 4.99 Å². The van der Waals surface area contributed by atoms with Crippen LogP contribution in [0.2, 0.25) is 0 Å². The Bertz CT molecular complexity index is 552. The molecule has 2 rings (SSSR count). The summed E-state index contributed by atoms with van der Waals surface area (Å²) in [6.45, 7) is 5.48. The third kappa shape index (κ3) is 3.91. The fourth-order valence-electron chi connectivity index (χ4n) is 2.51. The molecule has 1 heterocycles. The fourth-order valence-corrected chi connectivity index (χ4v) is 3.87. The van der Waals surface area contributed by atoms with E-state index in [2.05, 4.69) is 15.6 Å². The minimum atomic E-state index is -3.06. The summed E-state index contributed by atoms with van der Waals surface area (Å²) in [5, 5.41) is 6.07. The number of guanidine groups is 1. The Morgan fingerprint density at radius 2 is 1.91 bits per heavy atom. The van der Waals surface area contributed by atoms with Crippen LogP contribution in [0.25, 0.3) is 0 Å². The number of rotatable bonds is 4. The number of hydrogen-bond donors (Lipinski definition) is 2. The van der Waals surface area contributed by atoms with Crippen LogP contribution in [0.1, 0.15) is 26.7 Å². The summed E-state index contributed by atoms with van der Waals surface area (Å²) in [6.07, 6.45) is 2.00. The van der Waals surface area contributed by atoms with Gasteiger partial charge in [-0.3, -0.25) is 9.79 Å². The van der Waals surface area contributed by atoms with Crippen molar-refractivity contribution < 1.29 is 13.2 Å². The molecule has 0 aromatic rings. The number of carbonyl (C=O) groups excluding carboxylic acids is 1. The summed E-state index contributed by atoms with van der Waals surface area (Å²) in [4.78, 5) is 17.7. The molecule has 7 nitrogen and oxygen atoms in total. The van der Waals surface area contributed by atoms with Gasteiger partial charge in [0.25, 0.3) is 0 Å². The molecule has 1 saturated carbocycles. The van der Waals surface area contributed by atoms with Crippen molar-refractivity contribution in [2.45, 2.75) is 31.4 Å². The summed E-state index contributed by atoms with van der Waals surface area (Å²) < 4.78 is 23.3. The first-order valence-corrected chi connectivity index (χ1v) is 9.38. The Morgan fingerprint density at radius 3 is 2.45 bits per heavy atom. The van der Waals surface area contributed by atoms with Gasteiger partial charge in [0.15, 0.2) is 15.8 Å². The molecule has 0 radical (unpaired) electrons. The molecule has 22 heavy (non-hydrogen) atoms. The molecule has 1 saturated heterocycles. The first-order chi connectivity index (χ1) is 10.3. The number of carbonyl (C=O) groups is 1. The SMILES string of the molecule is CN=C(NCCNC(=O)C1CC1)N1CCS(=O)(=O)C(C)(C)C1. The molecule has 0 spiro atoms. The molecule has 126 valence electrons. The smallest absolute Gasteiger partial charge is 0.223 e. The van der Waals surface area contributed by atoms with Gasteiger partial charge in [-0.15, -0.1) is 0 Å². The summed E-state index contributed by atoms with van der Waals surface area (Å²) in [5.41, 5.74) is 0. The van der Waals surface area contributed by atoms with E-state index < -0.39 is 14.6 Å². The Balaban J connectivity index is 1.80. The van der Waals surface area contributed by atoms with Gasteiger partial charge in [0, 0.05) is 39.1 Å². The number of amides is 1. The zero-order valence-electron chi connectivity index (χ0n) is 13.6. The van der Waals surface area contributed by atoms with Crippen molar-refractivity contribution in [1.82, 2.24) is 15.5 Å². The second-order valence-electron chi connectivity index (χ2n) is 6.54. The molecule has 1 amide bonds. The molecule has 0 atom stereocenters. The third-order valence-corrected chi connectivity index (χ3v) is 6.74. The van der Waals surface area contributed by atoms with Gasteiger partial charge in [0.1, 0.15) is 0 Å². The van der Waals surface area contributed by atoms with Crippen LogP contribution in [0.4, 0.5) is 0 Å². The fraction of sp³-hybridized carbons (Fsp3) is 0.857. The number of aliphatic imine (C=N–C) groups is 1. The molecule has 0 aromatic carbocycles. The van der Waals surface area contributed by atoms with Gasteiger partial charge in [-0.25, -0.2) is 8.42 Å². The van der Waals surface area contributed by atoms with E-state index in [1.54, 1.807) is 20.9 Å². The highest BCUT2D eigenvalue weighted by atomic mass is 32.2. The molecular formula is C14H26N4O3S. The lowest BCUT2D eigenvalue weighted by molar-refractivity contribution is -0.122. The van der Waals surface area contributed by atoms with E-state index in [0.717, 1.165) is 12.8 Å². The van der Waals surface area contributed by atoms with Crippen molar-refractivity contribution in [2.75, 3.05) is 39.0 Å². The van der Waals surface area contributed by atoms with Crippen molar-refractivity contribution in [3.8, 4) is 0 Å². The zero-order chi connectivity index (χ0) is 16.4. The summed E-state index contributed by atoms with van der Waals surface area (Å²) >= 11 is 0. The van der Waals surface area contributed by atoms with Gasteiger partial charge >= 0.3 is 0 Å². The molecule has 0 aromatic heterocycles. The monoisotopic (exact) mass is 330 g/mol. The lowest BCUT2D eigenvalue weighted by Gasteiger charge is -2.39. The van der Waals surface area contributed by atoms with E-state index in [1.807, 2.05) is 4.90 Å². The zero-order valence-corrected chi connectivity index (χ0v) is 14.4. The summed E-state index contributed by atoms with van der Waals surface area (Å²) in [5.74, 6) is 1.16. The highest BCUT2D eigenvalue weighted by Gasteiger charge is 2.40. The van der Waals surface area contributed by atoms with Gasteiger partial charge < -0.3 is 15.5 Å².